The third kappa shape index (κ3) is 4.41. The monoisotopic (exact) mass is 344 g/mol. The van der Waals surface area contributed by atoms with Crippen LogP contribution in [0.25, 0.3) is 0 Å². The van der Waals surface area contributed by atoms with Gasteiger partial charge in [0.15, 0.2) is 11.5 Å². The highest BCUT2D eigenvalue weighted by molar-refractivity contribution is 5.57. The highest BCUT2D eigenvalue weighted by Crippen LogP contribution is 2.34. The first kappa shape index (κ1) is 17.5. The second-order valence-corrected chi connectivity index (χ2v) is 5.83. The number of pyridine rings is 1. The van der Waals surface area contributed by atoms with Gasteiger partial charge in [-0.25, -0.2) is 0 Å². The SMILES string of the molecule is CCN(c1ccc2c(c1)OCCO2)C(CO)COCc1cccnc1. The molecule has 1 unspecified atom stereocenters. The van der Waals surface area contributed by atoms with E-state index in [0.29, 0.717) is 26.4 Å². The van der Waals surface area contributed by atoms with Crippen molar-refractivity contribution in [3.8, 4) is 11.5 Å². The molecular weight excluding hydrogens is 320 g/mol. The van der Waals surface area contributed by atoms with Crippen LogP contribution in [0.5, 0.6) is 11.5 Å². The lowest BCUT2D eigenvalue weighted by molar-refractivity contribution is 0.0870. The average molecular weight is 344 g/mol. The zero-order valence-corrected chi connectivity index (χ0v) is 14.4. The van der Waals surface area contributed by atoms with Gasteiger partial charge in [0, 0.05) is 30.7 Å². The van der Waals surface area contributed by atoms with E-state index in [4.69, 9.17) is 14.2 Å². The second-order valence-electron chi connectivity index (χ2n) is 5.83. The van der Waals surface area contributed by atoms with E-state index in [1.165, 1.54) is 0 Å². The summed E-state index contributed by atoms with van der Waals surface area (Å²) >= 11 is 0. The molecule has 0 saturated carbocycles. The van der Waals surface area contributed by atoms with Gasteiger partial charge in [0.25, 0.3) is 0 Å². The minimum Gasteiger partial charge on any atom is -0.486 e. The van der Waals surface area contributed by atoms with Crippen LogP contribution >= 0.6 is 0 Å². The Morgan fingerprint density at radius 2 is 2.08 bits per heavy atom. The van der Waals surface area contributed by atoms with Crippen LogP contribution in [-0.2, 0) is 11.3 Å². The van der Waals surface area contributed by atoms with Gasteiger partial charge < -0.3 is 24.2 Å². The average Bonchev–Trinajstić information content (AvgIpc) is 2.68. The molecule has 0 bridgehead atoms. The summed E-state index contributed by atoms with van der Waals surface area (Å²) in [5.41, 5.74) is 2.00. The largest absolute Gasteiger partial charge is 0.486 e. The Bertz CT molecular complexity index is 666. The Morgan fingerprint density at radius 3 is 2.80 bits per heavy atom. The molecule has 1 aliphatic rings. The minimum atomic E-state index is -0.135. The van der Waals surface area contributed by atoms with Crippen molar-refractivity contribution < 1.29 is 19.3 Å². The van der Waals surface area contributed by atoms with E-state index in [0.717, 1.165) is 29.3 Å². The van der Waals surface area contributed by atoms with Gasteiger partial charge in [0.2, 0.25) is 0 Å². The van der Waals surface area contributed by atoms with E-state index in [-0.39, 0.29) is 12.6 Å². The highest BCUT2D eigenvalue weighted by atomic mass is 16.6. The molecule has 1 atom stereocenters. The van der Waals surface area contributed by atoms with E-state index < -0.39 is 0 Å². The van der Waals surface area contributed by atoms with E-state index in [2.05, 4.69) is 16.8 Å². The molecular formula is C19H24N2O4. The fraction of sp³-hybridized carbons (Fsp3) is 0.421. The molecule has 0 amide bonds. The number of benzene rings is 1. The predicted octanol–water partition coefficient (Wildman–Crippen LogP) is 2.26. The van der Waals surface area contributed by atoms with Crippen molar-refractivity contribution in [1.29, 1.82) is 0 Å². The molecule has 2 aromatic rings. The van der Waals surface area contributed by atoms with Crippen molar-refractivity contribution in [3.63, 3.8) is 0 Å². The van der Waals surface area contributed by atoms with Crippen molar-refractivity contribution in [2.45, 2.75) is 19.6 Å². The summed E-state index contributed by atoms with van der Waals surface area (Å²) in [4.78, 5) is 6.19. The van der Waals surface area contributed by atoms with Crippen molar-refractivity contribution in [2.75, 3.05) is 37.9 Å². The van der Waals surface area contributed by atoms with Crippen LogP contribution in [0.4, 0.5) is 5.69 Å². The number of rotatable bonds is 8. The zero-order valence-electron chi connectivity index (χ0n) is 14.4. The standard InChI is InChI=1S/C19H24N2O4/c1-2-21(16-5-6-18-19(10-16)25-9-8-24-18)17(12-22)14-23-13-15-4-3-7-20-11-15/h3-7,10-11,17,22H,2,8-9,12-14H2,1H3. The lowest BCUT2D eigenvalue weighted by Crippen LogP contribution is -2.41. The molecule has 0 radical (unpaired) electrons. The topological polar surface area (TPSA) is 64.1 Å². The van der Waals surface area contributed by atoms with Gasteiger partial charge >= 0.3 is 0 Å². The van der Waals surface area contributed by atoms with Gasteiger partial charge in [-0.3, -0.25) is 4.98 Å². The smallest absolute Gasteiger partial charge is 0.163 e. The van der Waals surface area contributed by atoms with Crippen molar-refractivity contribution in [2.24, 2.45) is 0 Å². The van der Waals surface area contributed by atoms with Crippen LogP contribution in [0.2, 0.25) is 0 Å². The number of likely N-dealkylation sites (N-methyl/N-ethyl adjacent to an activating group) is 1. The molecule has 0 spiro atoms. The maximum atomic E-state index is 9.83. The van der Waals surface area contributed by atoms with Gasteiger partial charge in [-0.2, -0.15) is 0 Å². The van der Waals surface area contributed by atoms with Gasteiger partial charge in [0.05, 0.1) is 25.9 Å². The molecule has 1 aromatic carbocycles. The van der Waals surface area contributed by atoms with Crippen LogP contribution in [-0.4, -0.2) is 49.1 Å². The molecule has 0 saturated heterocycles. The van der Waals surface area contributed by atoms with Gasteiger partial charge in [0.1, 0.15) is 13.2 Å². The number of aromatic nitrogens is 1. The first-order valence-electron chi connectivity index (χ1n) is 8.55. The molecule has 1 N–H and O–H groups in total. The van der Waals surface area contributed by atoms with Gasteiger partial charge in [-0.15, -0.1) is 0 Å². The number of aliphatic hydroxyl groups excluding tert-OH is 1. The quantitative estimate of drug-likeness (QED) is 0.792. The number of nitrogens with zero attached hydrogens (tertiary/aromatic N) is 2. The van der Waals surface area contributed by atoms with E-state index in [1.54, 1.807) is 12.4 Å². The first-order valence-corrected chi connectivity index (χ1v) is 8.55. The summed E-state index contributed by atoms with van der Waals surface area (Å²) in [5, 5.41) is 9.83. The molecule has 2 heterocycles. The summed E-state index contributed by atoms with van der Waals surface area (Å²) in [7, 11) is 0. The van der Waals surface area contributed by atoms with Crippen LogP contribution < -0.4 is 14.4 Å². The Morgan fingerprint density at radius 1 is 1.24 bits per heavy atom. The number of hydrogen-bond acceptors (Lipinski definition) is 6. The normalized spacial score (nSPS) is 14.2. The Labute approximate surface area is 148 Å². The van der Waals surface area contributed by atoms with E-state index in [1.807, 2.05) is 30.3 Å². The fourth-order valence-corrected chi connectivity index (χ4v) is 2.90. The molecule has 6 heteroatoms. The number of ether oxygens (including phenoxy) is 3. The van der Waals surface area contributed by atoms with Crippen molar-refractivity contribution >= 4 is 5.69 Å². The minimum absolute atomic E-state index is 0.00925. The maximum absolute atomic E-state index is 9.83. The Hall–Kier alpha value is -2.31. The Kier molecular flexibility index (Phi) is 6.09. The highest BCUT2D eigenvalue weighted by Gasteiger charge is 2.20. The summed E-state index contributed by atoms with van der Waals surface area (Å²) in [6.07, 6.45) is 3.52. The van der Waals surface area contributed by atoms with Crippen molar-refractivity contribution in [3.05, 3.63) is 48.3 Å². The number of anilines is 1. The van der Waals surface area contributed by atoms with Crippen molar-refractivity contribution in [1.82, 2.24) is 4.98 Å². The number of aliphatic hydroxyl groups is 1. The lowest BCUT2D eigenvalue weighted by atomic mass is 10.2. The van der Waals surface area contributed by atoms with E-state index in [9.17, 15) is 5.11 Å². The molecule has 0 fully saturated rings. The molecule has 3 rings (SSSR count). The molecule has 0 aliphatic carbocycles. The third-order valence-corrected chi connectivity index (χ3v) is 4.15. The van der Waals surface area contributed by atoms with Crippen LogP contribution in [0.15, 0.2) is 42.7 Å². The van der Waals surface area contributed by atoms with Crippen LogP contribution in [0, 0.1) is 0 Å². The molecule has 134 valence electrons. The van der Waals surface area contributed by atoms with Crippen LogP contribution in [0.1, 0.15) is 12.5 Å². The fourth-order valence-electron chi connectivity index (χ4n) is 2.90. The first-order chi connectivity index (χ1) is 12.3. The van der Waals surface area contributed by atoms with Gasteiger partial charge in [-0.1, -0.05) is 6.07 Å². The molecule has 1 aliphatic heterocycles. The number of hydrogen-bond donors (Lipinski definition) is 1. The summed E-state index contributed by atoms with van der Waals surface area (Å²) in [5.74, 6) is 1.51. The second kappa shape index (κ2) is 8.69. The van der Waals surface area contributed by atoms with Gasteiger partial charge in [-0.05, 0) is 30.7 Å². The lowest BCUT2D eigenvalue weighted by Gasteiger charge is -2.32. The van der Waals surface area contributed by atoms with E-state index >= 15 is 0 Å². The maximum Gasteiger partial charge on any atom is 0.163 e. The molecule has 6 nitrogen and oxygen atoms in total. The number of fused-ring (bicyclic) bond motifs is 1. The predicted molar refractivity (Wildman–Crippen MR) is 95.2 cm³/mol. The summed E-state index contributed by atoms with van der Waals surface area (Å²) in [6, 6.07) is 9.58. The third-order valence-electron chi connectivity index (χ3n) is 4.15. The summed E-state index contributed by atoms with van der Waals surface area (Å²) in [6.45, 7) is 4.85. The summed E-state index contributed by atoms with van der Waals surface area (Å²) < 4.78 is 17.0. The molecule has 1 aromatic heterocycles. The molecule has 25 heavy (non-hydrogen) atoms. The Balaban J connectivity index is 1.65. The van der Waals surface area contributed by atoms with Crippen LogP contribution in [0.3, 0.4) is 0 Å². The zero-order chi connectivity index (χ0) is 17.5.